The van der Waals surface area contributed by atoms with E-state index in [0.717, 1.165) is 6.71 Å². The maximum atomic E-state index is 2.29. The van der Waals surface area contributed by atoms with Crippen LogP contribution in [0.25, 0.3) is 0 Å². The Morgan fingerprint density at radius 2 is 1.44 bits per heavy atom. The van der Waals surface area contributed by atoms with E-state index < -0.39 is 0 Å². The monoisotopic (exact) mass is 216 g/mol. The predicted octanol–water partition coefficient (Wildman–Crippen LogP) is 4.86. The first-order chi connectivity index (χ1) is 7.86. The van der Waals surface area contributed by atoms with E-state index in [1.165, 1.54) is 50.2 Å². The molecular formula is C15H25B. The van der Waals surface area contributed by atoms with E-state index >= 15 is 0 Å². The minimum atomic E-state index is 0.905. The largest absolute Gasteiger partial charge is 0.144 e. The normalized spacial score (nSPS) is 10.4. The summed E-state index contributed by atoms with van der Waals surface area (Å²) in [4.78, 5) is 0. The first-order valence-electron chi connectivity index (χ1n) is 6.90. The van der Waals surface area contributed by atoms with Gasteiger partial charge in [-0.3, -0.25) is 0 Å². The molecule has 0 heterocycles. The summed E-state index contributed by atoms with van der Waals surface area (Å²) in [5.41, 5.74) is 1.51. The molecule has 0 unspecified atom stereocenters. The van der Waals surface area contributed by atoms with E-state index in [1.54, 1.807) is 0 Å². The van der Waals surface area contributed by atoms with E-state index in [1.807, 2.05) is 0 Å². The van der Waals surface area contributed by atoms with E-state index in [9.17, 15) is 0 Å². The number of rotatable bonds is 8. The lowest BCUT2D eigenvalue weighted by Crippen LogP contribution is -2.16. The Kier molecular flexibility index (Phi) is 7.04. The average Bonchev–Trinajstić information content (AvgIpc) is 2.34. The molecule has 0 spiro atoms. The van der Waals surface area contributed by atoms with Crippen molar-refractivity contribution in [3.63, 3.8) is 0 Å². The van der Waals surface area contributed by atoms with Gasteiger partial charge in [0.15, 0.2) is 0 Å². The summed E-state index contributed by atoms with van der Waals surface area (Å²) in [6, 6.07) is 11.0. The molecule has 0 saturated heterocycles. The van der Waals surface area contributed by atoms with Crippen molar-refractivity contribution in [1.29, 1.82) is 0 Å². The van der Waals surface area contributed by atoms with Crippen LogP contribution < -0.4 is 0 Å². The summed E-state index contributed by atoms with van der Waals surface area (Å²) in [7, 11) is 0. The van der Waals surface area contributed by atoms with Crippen LogP contribution in [0.15, 0.2) is 30.3 Å². The standard InChI is InChI=1S/C15H25B/c1-3-5-12-16(13-6-4-2)14-15-10-8-7-9-11-15/h7-11H,3-6,12-14H2,1-2H3. The summed E-state index contributed by atoms with van der Waals surface area (Å²) in [6.45, 7) is 5.49. The zero-order chi connectivity index (χ0) is 11.6. The molecule has 0 nitrogen and oxygen atoms in total. The Hall–Kier alpha value is -0.715. The molecule has 0 aliphatic rings. The molecule has 1 aromatic rings. The quantitative estimate of drug-likeness (QED) is 0.544. The molecule has 0 N–H and O–H groups in total. The van der Waals surface area contributed by atoms with Gasteiger partial charge < -0.3 is 0 Å². The Morgan fingerprint density at radius 3 is 1.94 bits per heavy atom. The van der Waals surface area contributed by atoms with Gasteiger partial charge in [-0.1, -0.05) is 88.1 Å². The molecule has 0 aliphatic heterocycles. The van der Waals surface area contributed by atoms with Crippen LogP contribution in [0.4, 0.5) is 0 Å². The maximum Gasteiger partial charge on any atom is 0.144 e. The number of unbranched alkanes of at least 4 members (excludes halogenated alkanes) is 2. The van der Waals surface area contributed by atoms with Crippen molar-refractivity contribution in [2.75, 3.05) is 0 Å². The van der Waals surface area contributed by atoms with E-state index in [2.05, 4.69) is 44.2 Å². The smallest absolute Gasteiger partial charge is 0.0739 e. The van der Waals surface area contributed by atoms with Crippen LogP contribution in [-0.4, -0.2) is 6.71 Å². The summed E-state index contributed by atoms with van der Waals surface area (Å²) >= 11 is 0. The molecule has 16 heavy (non-hydrogen) atoms. The first-order valence-corrected chi connectivity index (χ1v) is 6.90. The number of hydrogen-bond acceptors (Lipinski definition) is 0. The number of hydrogen-bond donors (Lipinski definition) is 0. The lowest BCUT2D eigenvalue weighted by Gasteiger charge is -2.12. The van der Waals surface area contributed by atoms with Gasteiger partial charge in [-0.15, -0.1) is 0 Å². The molecule has 0 saturated carbocycles. The second-order valence-corrected chi connectivity index (χ2v) is 4.84. The third-order valence-electron chi connectivity index (χ3n) is 3.30. The van der Waals surface area contributed by atoms with Gasteiger partial charge in [-0.2, -0.15) is 0 Å². The van der Waals surface area contributed by atoms with Crippen molar-refractivity contribution in [3.05, 3.63) is 35.9 Å². The lowest BCUT2D eigenvalue weighted by molar-refractivity contribution is 0.836. The summed E-state index contributed by atoms with van der Waals surface area (Å²) in [5.74, 6) is 0. The van der Waals surface area contributed by atoms with Gasteiger partial charge >= 0.3 is 0 Å². The lowest BCUT2D eigenvalue weighted by atomic mass is 9.41. The van der Waals surface area contributed by atoms with Crippen molar-refractivity contribution < 1.29 is 0 Å². The molecule has 0 aromatic heterocycles. The second kappa shape index (κ2) is 8.44. The van der Waals surface area contributed by atoms with Crippen molar-refractivity contribution in [1.82, 2.24) is 0 Å². The van der Waals surface area contributed by atoms with Crippen LogP contribution in [0.3, 0.4) is 0 Å². The van der Waals surface area contributed by atoms with Crippen LogP contribution in [0.5, 0.6) is 0 Å². The van der Waals surface area contributed by atoms with Gasteiger partial charge in [-0.25, -0.2) is 0 Å². The minimum absolute atomic E-state index is 0.905. The SMILES string of the molecule is CCCCB(CCCC)Cc1ccccc1. The molecule has 1 aromatic carbocycles. The molecular weight excluding hydrogens is 191 g/mol. The van der Waals surface area contributed by atoms with Crippen molar-refractivity contribution in [2.45, 2.75) is 58.5 Å². The summed E-state index contributed by atoms with van der Waals surface area (Å²) < 4.78 is 0. The number of benzene rings is 1. The predicted molar refractivity (Wildman–Crippen MR) is 75.3 cm³/mol. The molecule has 0 radical (unpaired) electrons. The van der Waals surface area contributed by atoms with Gasteiger partial charge in [0.05, 0.1) is 0 Å². The fraction of sp³-hybridized carbons (Fsp3) is 0.600. The summed E-state index contributed by atoms with van der Waals surface area (Å²) in [6.07, 6.45) is 9.54. The zero-order valence-electron chi connectivity index (χ0n) is 10.9. The van der Waals surface area contributed by atoms with E-state index in [-0.39, 0.29) is 0 Å². The Bertz CT molecular complexity index is 247. The molecule has 88 valence electrons. The van der Waals surface area contributed by atoms with Crippen LogP contribution in [0, 0.1) is 0 Å². The highest BCUT2D eigenvalue weighted by atomic mass is 13.9. The molecule has 0 aliphatic carbocycles. The van der Waals surface area contributed by atoms with Crippen molar-refractivity contribution in [2.24, 2.45) is 0 Å². The van der Waals surface area contributed by atoms with Gasteiger partial charge in [0.1, 0.15) is 6.71 Å². The summed E-state index contributed by atoms with van der Waals surface area (Å²) in [5, 5.41) is 0. The Labute approximate surface area is 102 Å². The molecule has 0 fully saturated rings. The third kappa shape index (κ3) is 5.39. The fourth-order valence-electron chi connectivity index (χ4n) is 2.28. The molecule has 0 bridgehead atoms. The highest BCUT2D eigenvalue weighted by Crippen LogP contribution is 2.14. The van der Waals surface area contributed by atoms with Crippen LogP contribution in [-0.2, 0) is 6.32 Å². The van der Waals surface area contributed by atoms with E-state index in [0.29, 0.717) is 0 Å². The topological polar surface area (TPSA) is 0 Å². The third-order valence-corrected chi connectivity index (χ3v) is 3.30. The van der Waals surface area contributed by atoms with Gasteiger partial charge in [0.2, 0.25) is 0 Å². The average molecular weight is 216 g/mol. The van der Waals surface area contributed by atoms with Crippen LogP contribution >= 0.6 is 0 Å². The Morgan fingerprint density at radius 1 is 0.875 bits per heavy atom. The van der Waals surface area contributed by atoms with Crippen molar-refractivity contribution >= 4 is 6.71 Å². The first kappa shape index (κ1) is 13.4. The molecule has 1 rings (SSSR count). The van der Waals surface area contributed by atoms with Crippen LogP contribution in [0.1, 0.15) is 45.1 Å². The van der Waals surface area contributed by atoms with Crippen LogP contribution in [0.2, 0.25) is 12.6 Å². The maximum absolute atomic E-state index is 2.29. The van der Waals surface area contributed by atoms with E-state index in [4.69, 9.17) is 0 Å². The second-order valence-electron chi connectivity index (χ2n) is 4.84. The van der Waals surface area contributed by atoms with Gasteiger partial charge in [0, 0.05) is 0 Å². The Balaban J connectivity index is 2.42. The highest BCUT2D eigenvalue weighted by Gasteiger charge is 2.12. The van der Waals surface area contributed by atoms with Gasteiger partial charge in [-0.05, 0) is 6.32 Å². The molecule has 0 atom stereocenters. The fourth-order valence-corrected chi connectivity index (χ4v) is 2.28. The van der Waals surface area contributed by atoms with Crippen molar-refractivity contribution in [3.8, 4) is 0 Å². The molecule has 0 amide bonds. The minimum Gasteiger partial charge on any atom is -0.0739 e. The molecule has 1 heteroatoms. The zero-order valence-corrected chi connectivity index (χ0v) is 10.9. The highest BCUT2D eigenvalue weighted by molar-refractivity contribution is 6.58. The van der Waals surface area contributed by atoms with Gasteiger partial charge in [0.25, 0.3) is 0 Å².